The molecule has 0 aliphatic heterocycles. The van der Waals surface area contributed by atoms with Gasteiger partial charge in [-0.25, -0.2) is 8.42 Å². The summed E-state index contributed by atoms with van der Waals surface area (Å²) in [5.74, 6) is 0.391. The van der Waals surface area contributed by atoms with Crippen molar-refractivity contribution in [3.63, 3.8) is 0 Å². The molecule has 2 aromatic carbocycles. The van der Waals surface area contributed by atoms with Gasteiger partial charge in [0.25, 0.3) is 5.91 Å². The molecular weight excluding hydrogens is 426 g/mol. The maximum absolute atomic E-state index is 12.7. The Balaban J connectivity index is 2.06. The second-order valence-corrected chi connectivity index (χ2v) is 9.81. The number of nitrogens with one attached hydrogen (secondary N) is 1. The average Bonchev–Trinajstić information content (AvgIpc) is 2.80. The zero-order valence-corrected chi connectivity index (χ0v) is 20.5. The molecule has 0 aliphatic carbocycles. The topological polar surface area (TPSA) is 79.0 Å². The molecule has 1 amide bonds. The van der Waals surface area contributed by atoms with Gasteiger partial charge in [-0.3, -0.25) is 4.79 Å². The average molecular weight is 462 g/mol. The molecule has 0 saturated carbocycles. The second kappa shape index (κ2) is 12.0. The van der Waals surface area contributed by atoms with Gasteiger partial charge in [-0.15, -0.1) is 0 Å². The van der Waals surface area contributed by atoms with E-state index in [1.54, 1.807) is 26.0 Å². The monoisotopic (exact) mass is 461 g/mol. The van der Waals surface area contributed by atoms with E-state index in [1.807, 2.05) is 24.3 Å². The first-order chi connectivity index (χ1) is 15.2. The van der Waals surface area contributed by atoms with Crippen molar-refractivity contribution in [3.05, 3.63) is 59.7 Å². The van der Waals surface area contributed by atoms with Crippen molar-refractivity contribution < 1.29 is 17.9 Å². The molecule has 0 aromatic heterocycles. The molecule has 2 rings (SSSR count). The predicted octanol–water partition coefficient (Wildman–Crippen LogP) is 3.37. The highest BCUT2D eigenvalue weighted by atomic mass is 32.2. The number of sulfonamides is 1. The zero-order valence-electron chi connectivity index (χ0n) is 19.7. The number of rotatable bonds is 12. The fourth-order valence-electron chi connectivity index (χ4n) is 3.13. The smallest absolute Gasteiger partial charge is 0.251 e. The number of carbonyl (C=O) groups is 1. The summed E-state index contributed by atoms with van der Waals surface area (Å²) in [5.41, 5.74) is 1.16. The highest BCUT2D eigenvalue weighted by Crippen LogP contribution is 2.20. The van der Waals surface area contributed by atoms with E-state index in [9.17, 15) is 13.2 Å². The Kier molecular flexibility index (Phi) is 9.68. The van der Waals surface area contributed by atoms with Crippen LogP contribution in [0.2, 0.25) is 0 Å². The van der Waals surface area contributed by atoms with E-state index < -0.39 is 10.0 Å². The molecule has 0 fully saturated rings. The van der Waals surface area contributed by atoms with Crippen LogP contribution in [0, 0.1) is 0 Å². The van der Waals surface area contributed by atoms with Crippen LogP contribution in [0.15, 0.2) is 53.4 Å². The molecule has 0 unspecified atom stereocenters. The summed E-state index contributed by atoms with van der Waals surface area (Å²) in [6, 6.07) is 13.5. The Labute approximate surface area is 192 Å². The fourth-order valence-corrected chi connectivity index (χ4v) is 4.55. The number of hydrogen-bond donors (Lipinski definition) is 1. The molecule has 0 spiro atoms. The first-order valence-corrected chi connectivity index (χ1v) is 12.4. The van der Waals surface area contributed by atoms with E-state index in [1.165, 1.54) is 23.5 Å². The first kappa shape index (κ1) is 25.8. The molecule has 32 heavy (non-hydrogen) atoms. The van der Waals surface area contributed by atoms with Crippen LogP contribution in [-0.4, -0.2) is 62.9 Å². The summed E-state index contributed by atoms with van der Waals surface area (Å²) < 4.78 is 32.7. The largest absolute Gasteiger partial charge is 0.492 e. The fraction of sp³-hybridized carbons (Fsp3) is 0.458. The molecule has 0 bridgehead atoms. The van der Waals surface area contributed by atoms with Gasteiger partial charge in [-0.2, -0.15) is 4.31 Å². The van der Waals surface area contributed by atoms with Crippen LogP contribution in [0.25, 0.3) is 0 Å². The standard InChI is InChI=1S/C24H35N3O4S/c1-6-27(7-2)15-16-31-23-14-9-8-11-21(23)18-25-24(28)20-12-10-13-22(17-20)32(29,30)26(5)19(3)4/h8-14,17,19H,6-7,15-16,18H2,1-5H3,(H,25,28). The van der Waals surface area contributed by atoms with Gasteiger partial charge in [0.05, 0.1) is 4.90 Å². The van der Waals surface area contributed by atoms with Crippen LogP contribution in [0.1, 0.15) is 43.6 Å². The van der Waals surface area contributed by atoms with Crippen molar-refractivity contribution in [2.24, 2.45) is 0 Å². The van der Waals surface area contributed by atoms with E-state index in [0.29, 0.717) is 12.2 Å². The Morgan fingerprint density at radius 1 is 1.06 bits per heavy atom. The van der Waals surface area contributed by atoms with Crippen LogP contribution >= 0.6 is 0 Å². The van der Waals surface area contributed by atoms with Crippen LogP contribution < -0.4 is 10.1 Å². The summed E-state index contributed by atoms with van der Waals surface area (Å²) in [6.45, 7) is 11.5. The molecule has 1 N–H and O–H groups in total. The molecule has 0 aliphatic rings. The Morgan fingerprint density at radius 3 is 2.41 bits per heavy atom. The lowest BCUT2D eigenvalue weighted by molar-refractivity contribution is 0.0950. The summed E-state index contributed by atoms with van der Waals surface area (Å²) >= 11 is 0. The Bertz CT molecular complexity index is 988. The zero-order chi connectivity index (χ0) is 23.7. The minimum absolute atomic E-state index is 0.0986. The lowest BCUT2D eigenvalue weighted by Crippen LogP contribution is -2.33. The minimum atomic E-state index is -3.66. The number of likely N-dealkylation sites (N-methyl/N-ethyl adjacent to an activating group) is 1. The van der Waals surface area contributed by atoms with Crippen molar-refractivity contribution >= 4 is 15.9 Å². The molecule has 0 radical (unpaired) electrons. The van der Waals surface area contributed by atoms with Gasteiger partial charge in [0, 0.05) is 37.3 Å². The van der Waals surface area contributed by atoms with Gasteiger partial charge in [-0.05, 0) is 51.2 Å². The van der Waals surface area contributed by atoms with Gasteiger partial charge >= 0.3 is 0 Å². The van der Waals surface area contributed by atoms with Gasteiger partial charge in [0.1, 0.15) is 12.4 Å². The first-order valence-electron chi connectivity index (χ1n) is 11.0. The summed E-state index contributed by atoms with van der Waals surface area (Å²) in [7, 11) is -2.13. The Hall–Kier alpha value is -2.42. The molecule has 0 heterocycles. The third kappa shape index (κ3) is 6.79. The molecule has 176 valence electrons. The summed E-state index contributed by atoms with van der Waals surface area (Å²) in [5, 5.41) is 2.87. The molecule has 7 nitrogen and oxygen atoms in total. The van der Waals surface area contributed by atoms with E-state index in [4.69, 9.17) is 4.74 Å². The highest BCUT2D eigenvalue weighted by molar-refractivity contribution is 7.89. The van der Waals surface area contributed by atoms with Crippen LogP contribution in [-0.2, 0) is 16.6 Å². The SMILES string of the molecule is CCN(CC)CCOc1ccccc1CNC(=O)c1cccc(S(=O)(=O)N(C)C(C)C)c1. The van der Waals surface area contributed by atoms with Gasteiger partial charge < -0.3 is 15.0 Å². The third-order valence-electron chi connectivity index (χ3n) is 5.47. The van der Waals surface area contributed by atoms with E-state index in [2.05, 4.69) is 24.1 Å². The summed E-state index contributed by atoms with van der Waals surface area (Å²) in [4.78, 5) is 15.1. The van der Waals surface area contributed by atoms with Gasteiger partial charge in [0.15, 0.2) is 0 Å². The second-order valence-electron chi connectivity index (χ2n) is 7.81. The van der Waals surface area contributed by atoms with E-state index >= 15 is 0 Å². The maximum atomic E-state index is 12.7. The van der Waals surface area contributed by atoms with Crippen molar-refractivity contribution in [2.75, 3.05) is 33.3 Å². The third-order valence-corrected chi connectivity index (χ3v) is 7.50. The number of hydrogen-bond acceptors (Lipinski definition) is 5. The molecular formula is C24H35N3O4S. The van der Waals surface area contributed by atoms with E-state index in [-0.39, 0.29) is 23.4 Å². The van der Waals surface area contributed by atoms with Crippen LogP contribution in [0.5, 0.6) is 5.75 Å². The van der Waals surface area contributed by atoms with Gasteiger partial charge in [0.2, 0.25) is 10.0 Å². The maximum Gasteiger partial charge on any atom is 0.251 e. The molecule has 8 heteroatoms. The normalized spacial score (nSPS) is 11.9. The number of carbonyl (C=O) groups excluding carboxylic acids is 1. The number of benzene rings is 2. The summed E-state index contributed by atoms with van der Waals surface area (Å²) in [6.07, 6.45) is 0. The number of ether oxygens (including phenoxy) is 1. The number of para-hydroxylation sites is 1. The van der Waals surface area contributed by atoms with Crippen LogP contribution in [0.4, 0.5) is 0 Å². The predicted molar refractivity (Wildman–Crippen MR) is 127 cm³/mol. The lowest BCUT2D eigenvalue weighted by atomic mass is 10.1. The molecule has 2 aromatic rings. The highest BCUT2D eigenvalue weighted by Gasteiger charge is 2.24. The quantitative estimate of drug-likeness (QED) is 0.524. The van der Waals surface area contributed by atoms with E-state index in [0.717, 1.165) is 30.9 Å². The lowest BCUT2D eigenvalue weighted by Gasteiger charge is -2.21. The van der Waals surface area contributed by atoms with Crippen molar-refractivity contribution in [3.8, 4) is 5.75 Å². The number of amides is 1. The molecule has 0 saturated heterocycles. The Morgan fingerprint density at radius 2 is 1.75 bits per heavy atom. The van der Waals surface area contributed by atoms with Crippen molar-refractivity contribution in [2.45, 2.75) is 45.2 Å². The van der Waals surface area contributed by atoms with Gasteiger partial charge in [-0.1, -0.05) is 38.1 Å². The van der Waals surface area contributed by atoms with Crippen molar-refractivity contribution in [1.29, 1.82) is 0 Å². The minimum Gasteiger partial charge on any atom is -0.492 e. The number of nitrogens with zero attached hydrogens (tertiary/aromatic N) is 2. The van der Waals surface area contributed by atoms with Crippen LogP contribution in [0.3, 0.4) is 0 Å². The van der Waals surface area contributed by atoms with Crippen molar-refractivity contribution in [1.82, 2.24) is 14.5 Å². The molecule has 0 atom stereocenters.